The maximum Gasteiger partial charge on any atom is 0.138 e. The first-order valence-electron chi connectivity index (χ1n) is 3.62. The van der Waals surface area contributed by atoms with Crippen molar-refractivity contribution < 1.29 is 9.84 Å². The van der Waals surface area contributed by atoms with Crippen molar-refractivity contribution >= 4 is 11.6 Å². The highest BCUT2D eigenvalue weighted by atomic mass is 35.5. The van der Waals surface area contributed by atoms with E-state index in [0.29, 0.717) is 18.2 Å². The molecular formula is C8H8ClNO2. The Kier molecular flexibility index (Phi) is 1.79. The van der Waals surface area contributed by atoms with Gasteiger partial charge in [-0.2, -0.15) is 0 Å². The molecule has 0 aromatic carbocycles. The summed E-state index contributed by atoms with van der Waals surface area (Å²) in [4.78, 5) is 3.88. The maximum absolute atomic E-state index is 9.78. The molecule has 1 fully saturated rings. The maximum atomic E-state index is 9.78. The zero-order valence-electron chi connectivity index (χ0n) is 6.33. The normalized spacial score (nSPS) is 20.2. The van der Waals surface area contributed by atoms with Gasteiger partial charge in [-0.15, -0.1) is 0 Å². The standard InChI is InChI=1S/C8H8ClNO2/c9-7-1-6(2-10-3-7)8(11)4-12-5-8/h1-3,11H,4-5H2. The van der Waals surface area contributed by atoms with E-state index in [1.165, 1.54) is 6.20 Å². The first kappa shape index (κ1) is 7.98. The molecule has 2 rings (SSSR count). The van der Waals surface area contributed by atoms with Gasteiger partial charge in [0.2, 0.25) is 0 Å². The summed E-state index contributed by atoms with van der Waals surface area (Å²) in [6.07, 6.45) is 3.14. The van der Waals surface area contributed by atoms with Crippen LogP contribution in [-0.2, 0) is 10.3 Å². The first-order valence-corrected chi connectivity index (χ1v) is 4.00. The molecule has 0 unspecified atom stereocenters. The molecule has 0 aliphatic carbocycles. The van der Waals surface area contributed by atoms with E-state index in [-0.39, 0.29) is 0 Å². The second-order valence-electron chi connectivity index (χ2n) is 2.92. The van der Waals surface area contributed by atoms with Crippen molar-refractivity contribution in [2.75, 3.05) is 13.2 Å². The van der Waals surface area contributed by atoms with Gasteiger partial charge in [0.1, 0.15) is 5.60 Å². The quantitative estimate of drug-likeness (QED) is 0.709. The van der Waals surface area contributed by atoms with Crippen LogP contribution >= 0.6 is 11.6 Å². The highest BCUT2D eigenvalue weighted by Gasteiger charge is 2.38. The zero-order valence-corrected chi connectivity index (χ0v) is 7.08. The van der Waals surface area contributed by atoms with Crippen LogP contribution in [0.3, 0.4) is 0 Å². The van der Waals surface area contributed by atoms with E-state index in [0.717, 1.165) is 5.56 Å². The molecule has 1 aromatic rings. The fraction of sp³-hybridized carbons (Fsp3) is 0.375. The first-order chi connectivity index (χ1) is 5.71. The lowest BCUT2D eigenvalue weighted by atomic mass is 9.94. The minimum atomic E-state index is -0.863. The van der Waals surface area contributed by atoms with Crippen LogP contribution in [0.2, 0.25) is 5.02 Å². The second kappa shape index (κ2) is 2.69. The summed E-state index contributed by atoms with van der Waals surface area (Å²) in [6, 6.07) is 1.71. The number of halogens is 1. The van der Waals surface area contributed by atoms with Crippen LogP contribution in [-0.4, -0.2) is 23.3 Å². The molecule has 4 heteroatoms. The number of aliphatic hydroxyl groups is 1. The van der Waals surface area contributed by atoms with Gasteiger partial charge in [0.05, 0.1) is 18.2 Å². The SMILES string of the molecule is OC1(c2cncc(Cl)c2)COC1. The molecular weight excluding hydrogens is 178 g/mol. The van der Waals surface area contributed by atoms with Gasteiger partial charge in [-0.1, -0.05) is 11.6 Å². The van der Waals surface area contributed by atoms with E-state index in [2.05, 4.69) is 4.98 Å². The molecule has 0 spiro atoms. The van der Waals surface area contributed by atoms with Crippen LogP contribution < -0.4 is 0 Å². The van der Waals surface area contributed by atoms with Crippen molar-refractivity contribution in [2.45, 2.75) is 5.60 Å². The van der Waals surface area contributed by atoms with Crippen molar-refractivity contribution in [3.8, 4) is 0 Å². The summed E-state index contributed by atoms with van der Waals surface area (Å²) < 4.78 is 4.91. The van der Waals surface area contributed by atoms with Crippen LogP contribution in [0.25, 0.3) is 0 Å². The highest BCUT2D eigenvalue weighted by Crippen LogP contribution is 2.29. The van der Waals surface area contributed by atoms with Crippen LogP contribution in [0.1, 0.15) is 5.56 Å². The van der Waals surface area contributed by atoms with Gasteiger partial charge in [-0.25, -0.2) is 0 Å². The van der Waals surface area contributed by atoms with Crippen molar-refractivity contribution in [1.29, 1.82) is 0 Å². The average molecular weight is 186 g/mol. The molecule has 1 saturated heterocycles. The third-order valence-electron chi connectivity index (χ3n) is 1.92. The minimum absolute atomic E-state index is 0.328. The predicted octanol–water partition coefficient (Wildman–Crippen LogP) is 0.953. The van der Waals surface area contributed by atoms with Gasteiger partial charge in [-0.3, -0.25) is 4.98 Å². The molecule has 1 aliphatic rings. The summed E-state index contributed by atoms with van der Waals surface area (Å²) in [6.45, 7) is 0.657. The number of aromatic nitrogens is 1. The van der Waals surface area contributed by atoms with Crippen molar-refractivity contribution in [3.05, 3.63) is 29.0 Å². The Morgan fingerprint density at radius 2 is 2.25 bits per heavy atom. The number of pyridine rings is 1. The number of nitrogens with zero attached hydrogens (tertiary/aromatic N) is 1. The Morgan fingerprint density at radius 1 is 1.50 bits per heavy atom. The van der Waals surface area contributed by atoms with Crippen LogP contribution in [0, 0.1) is 0 Å². The molecule has 64 valence electrons. The zero-order chi connectivity index (χ0) is 8.60. The van der Waals surface area contributed by atoms with Crippen LogP contribution in [0.15, 0.2) is 18.5 Å². The molecule has 0 radical (unpaired) electrons. The number of rotatable bonds is 1. The van der Waals surface area contributed by atoms with Gasteiger partial charge in [0.25, 0.3) is 0 Å². The largest absolute Gasteiger partial charge is 0.380 e. The summed E-state index contributed by atoms with van der Waals surface area (Å²) >= 11 is 5.72. The second-order valence-corrected chi connectivity index (χ2v) is 3.35. The van der Waals surface area contributed by atoms with Crippen molar-refractivity contribution in [1.82, 2.24) is 4.98 Å². The highest BCUT2D eigenvalue weighted by molar-refractivity contribution is 6.30. The van der Waals surface area contributed by atoms with E-state index in [1.807, 2.05) is 0 Å². The van der Waals surface area contributed by atoms with Gasteiger partial charge in [0.15, 0.2) is 0 Å². The Hall–Kier alpha value is -0.640. The van der Waals surface area contributed by atoms with E-state index < -0.39 is 5.60 Å². The number of hydrogen-bond acceptors (Lipinski definition) is 3. The van der Waals surface area contributed by atoms with E-state index in [9.17, 15) is 5.11 Å². The molecule has 2 heterocycles. The Bertz CT molecular complexity index is 299. The number of hydrogen-bond donors (Lipinski definition) is 1. The molecule has 12 heavy (non-hydrogen) atoms. The molecule has 1 aliphatic heterocycles. The fourth-order valence-electron chi connectivity index (χ4n) is 1.13. The summed E-state index contributed by atoms with van der Waals surface area (Å²) in [7, 11) is 0. The van der Waals surface area contributed by atoms with Crippen molar-refractivity contribution in [2.24, 2.45) is 0 Å². The Balaban J connectivity index is 2.33. The van der Waals surface area contributed by atoms with Crippen molar-refractivity contribution in [3.63, 3.8) is 0 Å². The summed E-state index contributed by atoms with van der Waals surface area (Å²) in [5.74, 6) is 0. The fourth-order valence-corrected chi connectivity index (χ4v) is 1.30. The smallest absolute Gasteiger partial charge is 0.138 e. The van der Waals surface area contributed by atoms with Crippen LogP contribution in [0.4, 0.5) is 0 Å². The lowest BCUT2D eigenvalue weighted by Crippen LogP contribution is -2.46. The summed E-state index contributed by atoms with van der Waals surface area (Å²) in [5, 5.41) is 10.3. The average Bonchev–Trinajstić information content (AvgIpc) is 2.00. The van der Waals surface area contributed by atoms with Gasteiger partial charge in [-0.05, 0) is 6.07 Å². The Labute approximate surface area is 75.0 Å². The molecule has 0 saturated carbocycles. The third-order valence-corrected chi connectivity index (χ3v) is 2.13. The van der Waals surface area contributed by atoms with Gasteiger partial charge >= 0.3 is 0 Å². The monoisotopic (exact) mass is 185 g/mol. The van der Waals surface area contributed by atoms with Gasteiger partial charge < -0.3 is 9.84 Å². The van der Waals surface area contributed by atoms with E-state index in [1.54, 1.807) is 12.3 Å². The number of ether oxygens (including phenoxy) is 1. The predicted molar refractivity (Wildman–Crippen MR) is 44.0 cm³/mol. The Morgan fingerprint density at radius 3 is 2.75 bits per heavy atom. The molecule has 3 nitrogen and oxygen atoms in total. The lowest BCUT2D eigenvalue weighted by Gasteiger charge is -2.36. The van der Waals surface area contributed by atoms with Gasteiger partial charge in [0, 0.05) is 18.0 Å². The molecule has 0 bridgehead atoms. The summed E-state index contributed by atoms with van der Waals surface area (Å²) in [5.41, 5.74) is -0.140. The molecule has 0 atom stereocenters. The van der Waals surface area contributed by atoms with E-state index >= 15 is 0 Å². The van der Waals surface area contributed by atoms with E-state index in [4.69, 9.17) is 16.3 Å². The molecule has 0 amide bonds. The third kappa shape index (κ3) is 1.20. The lowest BCUT2D eigenvalue weighted by molar-refractivity contribution is -0.184. The topological polar surface area (TPSA) is 42.4 Å². The minimum Gasteiger partial charge on any atom is -0.380 e. The van der Waals surface area contributed by atoms with Crippen LogP contribution in [0.5, 0.6) is 0 Å². The molecule has 1 aromatic heterocycles. The molecule has 1 N–H and O–H groups in total.